The monoisotopic (exact) mass is 248 g/mol. The van der Waals surface area contributed by atoms with Gasteiger partial charge in [-0.05, 0) is 24.3 Å². The molecule has 0 unspecified atom stereocenters. The fourth-order valence-corrected chi connectivity index (χ4v) is 1.56. The molecule has 1 aromatic carbocycles. The molecule has 5 heteroatoms. The topological polar surface area (TPSA) is 66.5 Å². The van der Waals surface area contributed by atoms with Crippen LogP contribution >= 0.6 is 0 Å². The van der Waals surface area contributed by atoms with Crippen molar-refractivity contribution in [1.29, 1.82) is 0 Å². The second-order valence-corrected chi connectivity index (χ2v) is 3.83. The van der Waals surface area contributed by atoms with Gasteiger partial charge in [-0.3, -0.25) is 19.3 Å². The number of rotatable bonds is 3. The number of amides is 3. The summed E-state index contributed by atoms with van der Waals surface area (Å²) in [5.74, 6) is -0.750. The molecule has 1 aromatic rings. The zero-order chi connectivity index (χ0) is 13.7. The van der Waals surface area contributed by atoms with Crippen LogP contribution in [0.1, 0.15) is 27.2 Å². The van der Waals surface area contributed by atoms with E-state index < -0.39 is 0 Å². The SMILES string of the molecule is CCC(=O)N(C(C)=O)c1ccc(NC(C)=O)cc1. The molecular weight excluding hydrogens is 232 g/mol. The van der Waals surface area contributed by atoms with Crippen LogP contribution in [-0.2, 0) is 14.4 Å². The Kier molecular flexibility index (Phi) is 4.59. The number of hydrogen-bond donors (Lipinski definition) is 1. The zero-order valence-electron chi connectivity index (χ0n) is 10.7. The van der Waals surface area contributed by atoms with Gasteiger partial charge in [0.2, 0.25) is 17.7 Å². The largest absolute Gasteiger partial charge is 0.326 e. The molecule has 0 saturated heterocycles. The van der Waals surface area contributed by atoms with Crippen molar-refractivity contribution >= 4 is 29.1 Å². The minimum atomic E-state index is -0.325. The Morgan fingerprint density at radius 2 is 1.67 bits per heavy atom. The van der Waals surface area contributed by atoms with Crippen molar-refractivity contribution in [1.82, 2.24) is 0 Å². The lowest BCUT2D eigenvalue weighted by atomic mass is 10.2. The summed E-state index contributed by atoms with van der Waals surface area (Å²) in [6.07, 6.45) is 0.257. The summed E-state index contributed by atoms with van der Waals surface area (Å²) in [6.45, 7) is 4.45. The highest BCUT2D eigenvalue weighted by molar-refractivity contribution is 6.13. The number of nitrogens with zero attached hydrogens (tertiary/aromatic N) is 1. The van der Waals surface area contributed by atoms with E-state index in [1.165, 1.54) is 13.8 Å². The van der Waals surface area contributed by atoms with Crippen molar-refractivity contribution in [3.63, 3.8) is 0 Å². The Morgan fingerprint density at radius 3 is 2.06 bits per heavy atom. The van der Waals surface area contributed by atoms with E-state index in [1.54, 1.807) is 31.2 Å². The molecule has 0 heterocycles. The number of carbonyl (C=O) groups is 3. The Labute approximate surface area is 106 Å². The van der Waals surface area contributed by atoms with Crippen molar-refractivity contribution in [2.45, 2.75) is 27.2 Å². The molecule has 0 aliphatic heterocycles. The van der Waals surface area contributed by atoms with Crippen LogP contribution in [0.15, 0.2) is 24.3 Å². The first-order valence-corrected chi connectivity index (χ1v) is 5.67. The molecule has 0 saturated carbocycles. The van der Waals surface area contributed by atoms with E-state index in [1.807, 2.05) is 0 Å². The van der Waals surface area contributed by atoms with E-state index in [9.17, 15) is 14.4 Å². The van der Waals surface area contributed by atoms with Crippen LogP contribution in [0.3, 0.4) is 0 Å². The fourth-order valence-electron chi connectivity index (χ4n) is 1.56. The van der Waals surface area contributed by atoms with Crippen molar-refractivity contribution in [2.75, 3.05) is 10.2 Å². The van der Waals surface area contributed by atoms with Crippen molar-refractivity contribution < 1.29 is 14.4 Å². The maximum Gasteiger partial charge on any atom is 0.233 e. The summed E-state index contributed by atoms with van der Waals surface area (Å²) >= 11 is 0. The summed E-state index contributed by atoms with van der Waals surface area (Å²) in [5, 5.41) is 2.62. The maximum atomic E-state index is 11.7. The Bertz CT molecular complexity index is 466. The number of imide groups is 1. The lowest BCUT2D eigenvalue weighted by molar-refractivity contribution is -0.125. The lowest BCUT2D eigenvalue weighted by Crippen LogP contribution is -2.34. The Balaban J connectivity index is 2.97. The molecule has 5 nitrogen and oxygen atoms in total. The highest BCUT2D eigenvalue weighted by Crippen LogP contribution is 2.19. The van der Waals surface area contributed by atoms with Gasteiger partial charge in [-0.15, -0.1) is 0 Å². The predicted octanol–water partition coefficient (Wildman–Crippen LogP) is 1.93. The third kappa shape index (κ3) is 3.41. The standard InChI is InChI=1S/C13H16N2O3/c1-4-13(18)15(10(3)17)12-7-5-11(6-8-12)14-9(2)16/h5-8H,4H2,1-3H3,(H,14,16). The summed E-state index contributed by atoms with van der Waals surface area (Å²) in [6, 6.07) is 6.55. The van der Waals surface area contributed by atoms with Crippen LogP contribution in [0.25, 0.3) is 0 Å². The molecule has 1 N–H and O–H groups in total. The number of carbonyl (C=O) groups excluding carboxylic acids is 3. The van der Waals surface area contributed by atoms with Crippen LogP contribution in [0.2, 0.25) is 0 Å². The summed E-state index contributed by atoms with van der Waals surface area (Å²) in [5.41, 5.74) is 1.13. The molecule has 0 aromatic heterocycles. The van der Waals surface area contributed by atoms with Gasteiger partial charge in [0.15, 0.2) is 0 Å². The second kappa shape index (κ2) is 5.95. The highest BCUT2D eigenvalue weighted by Gasteiger charge is 2.18. The molecule has 0 bridgehead atoms. The Hall–Kier alpha value is -2.17. The molecule has 0 radical (unpaired) electrons. The van der Waals surface area contributed by atoms with Gasteiger partial charge < -0.3 is 5.32 Å². The molecule has 18 heavy (non-hydrogen) atoms. The van der Waals surface area contributed by atoms with Crippen molar-refractivity contribution in [3.05, 3.63) is 24.3 Å². The smallest absolute Gasteiger partial charge is 0.233 e. The summed E-state index contributed by atoms with van der Waals surface area (Å²) < 4.78 is 0. The van der Waals surface area contributed by atoms with Crippen LogP contribution in [0.5, 0.6) is 0 Å². The molecular formula is C13H16N2O3. The van der Waals surface area contributed by atoms with Gasteiger partial charge in [0, 0.05) is 26.0 Å². The summed E-state index contributed by atoms with van der Waals surface area (Å²) in [4.78, 5) is 35.1. The lowest BCUT2D eigenvalue weighted by Gasteiger charge is -2.18. The van der Waals surface area contributed by atoms with E-state index in [4.69, 9.17) is 0 Å². The fraction of sp³-hybridized carbons (Fsp3) is 0.308. The maximum absolute atomic E-state index is 11.7. The van der Waals surface area contributed by atoms with E-state index in [-0.39, 0.29) is 24.1 Å². The molecule has 96 valence electrons. The van der Waals surface area contributed by atoms with Gasteiger partial charge in [-0.2, -0.15) is 0 Å². The van der Waals surface area contributed by atoms with Gasteiger partial charge in [0.1, 0.15) is 0 Å². The van der Waals surface area contributed by atoms with E-state index in [0.717, 1.165) is 4.90 Å². The molecule has 0 aliphatic carbocycles. The minimum absolute atomic E-state index is 0.171. The van der Waals surface area contributed by atoms with Crippen LogP contribution < -0.4 is 10.2 Å². The van der Waals surface area contributed by atoms with Crippen LogP contribution in [0.4, 0.5) is 11.4 Å². The first kappa shape index (κ1) is 13.9. The first-order valence-electron chi connectivity index (χ1n) is 5.67. The van der Waals surface area contributed by atoms with Gasteiger partial charge >= 0.3 is 0 Å². The van der Waals surface area contributed by atoms with Gasteiger partial charge in [-0.1, -0.05) is 6.92 Å². The van der Waals surface area contributed by atoms with Crippen LogP contribution in [0, 0.1) is 0 Å². The van der Waals surface area contributed by atoms with Crippen molar-refractivity contribution in [2.24, 2.45) is 0 Å². The number of anilines is 2. The quantitative estimate of drug-likeness (QED) is 0.888. The second-order valence-electron chi connectivity index (χ2n) is 3.83. The molecule has 1 rings (SSSR count). The van der Waals surface area contributed by atoms with Gasteiger partial charge in [-0.25, -0.2) is 0 Å². The van der Waals surface area contributed by atoms with E-state index in [2.05, 4.69) is 5.32 Å². The van der Waals surface area contributed by atoms with Gasteiger partial charge in [0.25, 0.3) is 0 Å². The number of benzene rings is 1. The average Bonchev–Trinajstić information content (AvgIpc) is 2.30. The summed E-state index contributed by atoms with van der Waals surface area (Å²) in [7, 11) is 0. The van der Waals surface area contributed by atoms with E-state index in [0.29, 0.717) is 11.4 Å². The predicted molar refractivity (Wildman–Crippen MR) is 69.2 cm³/mol. The number of nitrogens with one attached hydrogen (secondary N) is 1. The highest BCUT2D eigenvalue weighted by atomic mass is 16.2. The first-order chi connectivity index (χ1) is 8.45. The van der Waals surface area contributed by atoms with Crippen molar-refractivity contribution in [3.8, 4) is 0 Å². The number of hydrogen-bond acceptors (Lipinski definition) is 3. The molecule has 3 amide bonds. The molecule has 0 fully saturated rings. The third-order valence-electron chi connectivity index (χ3n) is 2.31. The zero-order valence-corrected chi connectivity index (χ0v) is 10.7. The molecule has 0 spiro atoms. The van der Waals surface area contributed by atoms with Crippen LogP contribution in [-0.4, -0.2) is 17.7 Å². The Morgan fingerprint density at radius 1 is 1.11 bits per heavy atom. The van der Waals surface area contributed by atoms with Gasteiger partial charge in [0.05, 0.1) is 5.69 Å². The normalized spacial score (nSPS) is 9.72. The molecule has 0 atom stereocenters. The average molecular weight is 248 g/mol. The minimum Gasteiger partial charge on any atom is -0.326 e. The molecule has 0 aliphatic rings. The third-order valence-corrected chi connectivity index (χ3v) is 2.31. The van der Waals surface area contributed by atoms with E-state index >= 15 is 0 Å².